The fourth-order valence-electron chi connectivity index (χ4n) is 3.46. The number of aromatic nitrogens is 4. The minimum absolute atomic E-state index is 0.0161. The predicted molar refractivity (Wildman–Crippen MR) is 96.7 cm³/mol. The van der Waals surface area contributed by atoms with Crippen molar-refractivity contribution in [1.82, 2.24) is 25.5 Å². The first-order valence-corrected chi connectivity index (χ1v) is 9.28. The number of hydrogen-bond acceptors (Lipinski definition) is 4. The SMILES string of the molecule is CC(C)C(C(=O)NCC1CCCCC1)n1nnc(-c2ccccc2)n1. The van der Waals surface area contributed by atoms with Crippen LogP contribution in [0.2, 0.25) is 0 Å². The Morgan fingerprint density at radius 2 is 1.92 bits per heavy atom. The van der Waals surface area contributed by atoms with Gasteiger partial charge in [-0.15, -0.1) is 10.2 Å². The lowest BCUT2D eigenvalue weighted by atomic mass is 9.89. The Hall–Kier alpha value is -2.24. The van der Waals surface area contributed by atoms with Crippen LogP contribution >= 0.6 is 0 Å². The van der Waals surface area contributed by atoms with Crippen molar-refractivity contribution in [3.8, 4) is 11.4 Å². The van der Waals surface area contributed by atoms with Crippen LogP contribution in [0.5, 0.6) is 0 Å². The highest BCUT2D eigenvalue weighted by atomic mass is 16.2. The average Bonchev–Trinajstić information content (AvgIpc) is 3.11. The third kappa shape index (κ3) is 4.44. The van der Waals surface area contributed by atoms with Crippen LogP contribution in [-0.2, 0) is 4.79 Å². The van der Waals surface area contributed by atoms with Gasteiger partial charge < -0.3 is 5.32 Å². The Labute approximate surface area is 149 Å². The van der Waals surface area contributed by atoms with Crippen molar-refractivity contribution in [2.24, 2.45) is 11.8 Å². The second-order valence-electron chi connectivity index (χ2n) is 7.24. The highest BCUT2D eigenvalue weighted by Crippen LogP contribution is 2.23. The van der Waals surface area contributed by atoms with Gasteiger partial charge in [-0.2, -0.15) is 4.80 Å². The fourth-order valence-corrected chi connectivity index (χ4v) is 3.46. The Kier molecular flexibility index (Phi) is 5.79. The second kappa shape index (κ2) is 8.23. The lowest BCUT2D eigenvalue weighted by Crippen LogP contribution is -2.39. The lowest BCUT2D eigenvalue weighted by molar-refractivity contribution is -0.126. The van der Waals surface area contributed by atoms with Crippen LogP contribution in [0.3, 0.4) is 0 Å². The predicted octanol–water partition coefficient (Wildman–Crippen LogP) is 3.23. The van der Waals surface area contributed by atoms with Crippen molar-refractivity contribution >= 4 is 5.91 Å². The number of nitrogens with one attached hydrogen (secondary N) is 1. The number of carbonyl (C=O) groups is 1. The summed E-state index contributed by atoms with van der Waals surface area (Å²) in [7, 11) is 0. The first-order valence-electron chi connectivity index (χ1n) is 9.28. The largest absolute Gasteiger partial charge is 0.354 e. The minimum Gasteiger partial charge on any atom is -0.354 e. The molecule has 1 atom stereocenters. The van der Waals surface area contributed by atoms with Crippen LogP contribution in [0.1, 0.15) is 52.0 Å². The zero-order valence-electron chi connectivity index (χ0n) is 15.1. The van der Waals surface area contributed by atoms with Crippen molar-refractivity contribution in [3.05, 3.63) is 30.3 Å². The molecule has 0 radical (unpaired) electrons. The Bertz CT molecular complexity index is 676. The van der Waals surface area contributed by atoms with E-state index >= 15 is 0 Å². The van der Waals surface area contributed by atoms with E-state index in [0.717, 1.165) is 12.1 Å². The third-order valence-electron chi connectivity index (χ3n) is 4.90. The van der Waals surface area contributed by atoms with Crippen molar-refractivity contribution in [1.29, 1.82) is 0 Å². The molecule has 0 saturated heterocycles. The summed E-state index contributed by atoms with van der Waals surface area (Å²) in [6, 6.07) is 9.26. The van der Waals surface area contributed by atoms with E-state index in [0.29, 0.717) is 11.7 Å². The normalized spacial score (nSPS) is 16.8. The van der Waals surface area contributed by atoms with E-state index in [4.69, 9.17) is 0 Å². The summed E-state index contributed by atoms with van der Waals surface area (Å²) in [4.78, 5) is 14.2. The van der Waals surface area contributed by atoms with E-state index in [9.17, 15) is 4.79 Å². The molecule has 2 aromatic rings. The van der Waals surface area contributed by atoms with Gasteiger partial charge in [0.2, 0.25) is 11.7 Å². The van der Waals surface area contributed by atoms with Crippen LogP contribution in [0.15, 0.2) is 30.3 Å². The number of hydrogen-bond donors (Lipinski definition) is 1. The van der Waals surface area contributed by atoms with Crippen molar-refractivity contribution < 1.29 is 4.79 Å². The summed E-state index contributed by atoms with van der Waals surface area (Å²) in [6.07, 6.45) is 6.31. The number of rotatable bonds is 6. The maximum absolute atomic E-state index is 12.7. The van der Waals surface area contributed by atoms with E-state index in [2.05, 4.69) is 20.7 Å². The van der Waals surface area contributed by atoms with Gasteiger partial charge in [-0.3, -0.25) is 4.79 Å². The van der Waals surface area contributed by atoms with Gasteiger partial charge >= 0.3 is 0 Å². The number of amides is 1. The first kappa shape index (κ1) is 17.6. The molecule has 0 bridgehead atoms. The number of carbonyl (C=O) groups excluding carboxylic acids is 1. The summed E-state index contributed by atoms with van der Waals surface area (Å²) < 4.78 is 0. The Morgan fingerprint density at radius 3 is 2.60 bits per heavy atom. The van der Waals surface area contributed by atoms with E-state index < -0.39 is 6.04 Å². The van der Waals surface area contributed by atoms with Gasteiger partial charge in [0.05, 0.1) is 0 Å². The standard InChI is InChI=1S/C19H27N5O/c1-14(2)17(19(25)20-13-15-9-5-3-6-10-15)24-22-18(21-23-24)16-11-7-4-8-12-16/h4,7-8,11-12,14-15,17H,3,5-6,9-10,13H2,1-2H3,(H,20,25). The molecule has 6 heteroatoms. The molecule has 1 aliphatic rings. The summed E-state index contributed by atoms with van der Waals surface area (Å²) >= 11 is 0. The maximum Gasteiger partial charge on any atom is 0.247 e. The third-order valence-corrected chi connectivity index (χ3v) is 4.90. The quantitative estimate of drug-likeness (QED) is 0.875. The molecule has 1 unspecified atom stereocenters. The molecule has 6 nitrogen and oxygen atoms in total. The van der Waals surface area contributed by atoms with E-state index in [1.54, 1.807) is 0 Å². The number of tetrazole rings is 1. The van der Waals surface area contributed by atoms with Crippen molar-refractivity contribution in [2.75, 3.05) is 6.54 Å². The zero-order valence-corrected chi connectivity index (χ0v) is 15.1. The lowest BCUT2D eigenvalue weighted by Gasteiger charge is -2.24. The molecule has 0 spiro atoms. The van der Waals surface area contributed by atoms with Gasteiger partial charge in [0.25, 0.3) is 0 Å². The van der Waals surface area contributed by atoms with Crippen LogP contribution < -0.4 is 5.32 Å². The summed E-state index contributed by atoms with van der Waals surface area (Å²) in [5, 5.41) is 15.8. The minimum atomic E-state index is -0.437. The molecule has 1 aliphatic carbocycles. The highest BCUT2D eigenvalue weighted by molar-refractivity contribution is 5.80. The average molecular weight is 341 g/mol. The fraction of sp³-hybridized carbons (Fsp3) is 0.579. The summed E-state index contributed by atoms with van der Waals surface area (Å²) in [6.45, 7) is 4.77. The highest BCUT2D eigenvalue weighted by Gasteiger charge is 2.27. The molecule has 3 rings (SSSR count). The van der Waals surface area contributed by atoms with Gasteiger partial charge in [-0.25, -0.2) is 0 Å². The van der Waals surface area contributed by atoms with Crippen LogP contribution in [-0.4, -0.2) is 32.7 Å². The van der Waals surface area contributed by atoms with E-state index in [1.165, 1.54) is 36.9 Å². The molecule has 1 heterocycles. The van der Waals surface area contributed by atoms with Gasteiger partial charge in [0.1, 0.15) is 0 Å². The Balaban J connectivity index is 1.68. The maximum atomic E-state index is 12.7. The second-order valence-corrected chi connectivity index (χ2v) is 7.24. The van der Waals surface area contributed by atoms with Crippen molar-refractivity contribution in [3.63, 3.8) is 0 Å². The molecule has 0 aliphatic heterocycles. The van der Waals surface area contributed by atoms with Crippen LogP contribution in [0.25, 0.3) is 11.4 Å². The Morgan fingerprint density at radius 1 is 1.20 bits per heavy atom. The molecule has 134 valence electrons. The van der Waals surface area contributed by atoms with Gasteiger partial charge in [-0.05, 0) is 29.9 Å². The molecular weight excluding hydrogens is 314 g/mol. The van der Waals surface area contributed by atoms with E-state index in [-0.39, 0.29) is 11.8 Å². The first-order chi connectivity index (χ1) is 12.1. The van der Waals surface area contributed by atoms with Crippen molar-refractivity contribution in [2.45, 2.75) is 52.0 Å². The van der Waals surface area contributed by atoms with Crippen LogP contribution in [0.4, 0.5) is 0 Å². The van der Waals surface area contributed by atoms with Gasteiger partial charge in [-0.1, -0.05) is 63.4 Å². The molecule has 1 N–H and O–H groups in total. The van der Waals surface area contributed by atoms with Gasteiger partial charge in [0, 0.05) is 12.1 Å². The monoisotopic (exact) mass is 341 g/mol. The molecule has 1 saturated carbocycles. The molecule has 1 amide bonds. The number of benzene rings is 1. The molecule has 25 heavy (non-hydrogen) atoms. The topological polar surface area (TPSA) is 72.7 Å². The van der Waals surface area contributed by atoms with Gasteiger partial charge in [0.15, 0.2) is 6.04 Å². The summed E-state index contributed by atoms with van der Waals surface area (Å²) in [5.74, 6) is 1.22. The molecular formula is C19H27N5O. The summed E-state index contributed by atoms with van der Waals surface area (Å²) in [5.41, 5.74) is 0.902. The zero-order chi connectivity index (χ0) is 17.6. The molecule has 1 fully saturated rings. The molecule has 1 aromatic heterocycles. The smallest absolute Gasteiger partial charge is 0.247 e. The number of nitrogens with zero attached hydrogens (tertiary/aromatic N) is 4. The molecule has 1 aromatic carbocycles. The van der Waals surface area contributed by atoms with Crippen LogP contribution in [0, 0.1) is 11.8 Å². The van der Waals surface area contributed by atoms with E-state index in [1.807, 2.05) is 44.2 Å².